The number of piperidine rings is 1. The normalized spacial score (nSPS) is 23.1. The Labute approximate surface area is 118 Å². The van der Waals surface area contributed by atoms with E-state index in [2.05, 4.69) is 17.1 Å². The van der Waals surface area contributed by atoms with Crippen LogP contribution < -0.4 is 5.32 Å². The van der Waals surface area contributed by atoms with E-state index in [0.717, 1.165) is 11.7 Å². The molecule has 2 rings (SSSR count). The van der Waals surface area contributed by atoms with Gasteiger partial charge in [0.2, 0.25) is 0 Å². The molecule has 1 aliphatic carbocycles. The lowest BCUT2D eigenvalue weighted by molar-refractivity contribution is 0.0974. The van der Waals surface area contributed by atoms with Crippen LogP contribution in [0.25, 0.3) is 0 Å². The van der Waals surface area contributed by atoms with E-state index < -0.39 is 0 Å². The van der Waals surface area contributed by atoms with Crippen molar-refractivity contribution in [3.8, 4) is 0 Å². The van der Waals surface area contributed by atoms with Crippen molar-refractivity contribution in [3.63, 3.8) is 0 Å². The number of likely N-dealkylation sites (tertiary alicyclic amines) is 1. The second-order valence-electron chi connectivity index (χ2n) is 6.13. The number of nitrogens with zero attached hydrogens (tertiary/aromatic N) is 1. The summed E-state index contributed by atoms with van der Waals surface area (Å²) in [5, 5.41) is 4.40. The maximum atomic E-state index is 5.49. The first-order valence-corrected chi connectivity index (χ1v) is 8.19. The highest BCUT2D eigenvalue weighted by molar-refractivity contribution is 7.80. The minimum Gasteiger partial charge on any atom is -0.363 e. The van der Waals surface area contributed by atoms with E-state index in [1.807, 2.05) is 0 Å². The van der Waals surface area contributed by atoms with Crippen LogP contribution in [0.2, 0.25) is 0 Å². The molecule has 0 aromatic rings. The van der Waals surface area contributed by atoms with Crippen LogP contribution in [0.3, 0.4) is 0 Å². The molecule has 1 saturated heterocycles. The zero-order chi connectivity index (χ0) is 12.8. The van der Waals surface area contributed by atoms with E-state index in [0.29, 0.717) is 5.41 Å². The molecule has 1 N–H and O–H groups in total. The van der Waals surface area contributed by atoms with Crippen LogP contribution in [0.4, 0.5) is 0 Å². The van der Waals surface area contributed by atoms with E-state index in [-0.39, 0.29) is 0 Å². The zero-order valence-corrected chi connectivity index (χ0v) is 12.7. The van der Waals surface area contributed by atoms with Crippen molar-refractivity contribution < 1.29 is 0 Å². The third kappa shape index (κ3) is 3.59. The van der Waals surface area contributed by atoms with Gasteiger partial charge in [0.15, 0.2) is 5.11 Å². The summed E-state index contributed by atoms with van der Waals surface area (Å²) < 4.78 is 0. The number of nitrogens with one attached hydrogen (secondary N) is 1. The van der Waals surface area contributed by atoms with Gasteiger partial charge >= 0.3 is 0 Å². The molecule has 2 nitrogen and oxygen atoms in total. The average molecular weight is 268 g/mol. The van der Waals surface area contributed by atoms with Crippen LogP contribution >= 0.6 is 12.2 Å². The highest BCUT2D eigenvalue weighted by atomic mass is 32.1. The van der Waals surface area contributed by atoms with Gasteiger partial charge in [-0.25, -0.2) is 0 Å². The Morgan fingerprint density at radius 3 is 2.39 bits per heavy atom. The first-order valence-electron chi connectivity index (χ1n) is 7.79. The molecule has 0 aromatic heterocycles. The number of hydrogen-bond acceptors (Lipinski definition) is 1. The Bertz CT molecular complexity index is 262. The Morgan fingerprint density at radius 1 is 1.11 bits per heavy atom. The number of unbranched alkanes of at least 4 members (excludes halogenated alkanes) is 1. The topological polar surface area (TPSA) is 15.3 Å². The van der Waals surface area contributed by atoms with Crippen LogP contribution in [0, 0.1) is 5.41 Å². The van der Waals surface area contributed by atoms with Gasteiger partial charge in [-0.1, -0.05) is 32.6 Å². The van der Waals surface area contributed by atoms with Crippen molar-refractivity contribution in [2.45, 2.75) is 64.7 Å². The lowest BCUT2D eigenvalue weighted by Crippen LogP contribution is -2.47. The van der Waals surface area contributed by atoms with E-state index in [1.165, 1.54) is 70.9 Å². The molecule has 104 valence electrons. The fraction of sp³-hybridized carbons (Fsp3) is 0.933. The summed E-state index contributed by atoms with van der Waals surface area (Å²) in [6.07, 6.45) is 12.5. The van der Waals surface area contributed by atoms with E-state index >= 15 is 0 Å². The Hall–Kier alpha value is -0.310. The van der Waals surface area contributed by atoms with Gasteiger partial charge in [0.1, 0.15) is 0 Å². The van der Waals surface area contributed by atoms with E-state index in [4.69, 9.17) is 12.2 Å². The second-order valence-corrected chi connectivity index (χ2v) is 6.52. The lowest BCUT2D eigenvalue weighted by atomic mass is 9.68. The maximum Gasteiger partial charge on any atom is 0.168 e. The van der Waals surface area contributed by atoms with Gasteiger partial charge in [-0.3, -0.25) is 0 Å². The molecular formula is C15H28N2S. The van der Waals surface area contributed by atoms with Crippen LogP contribution in [-0.2, 0) is 0 Å². The highest BCUT2D eigenvalue weighted by Gasteiger charge is 2.35. The number of hydrogen-bond donors (Lipinski definition) is 1. The average Bonchev–Trinajstić information content (AvgIpc) is 2.41. The molecule has 2 fully saturated rings. The minimum absolute atomic E-state index is 0.688. The molecule has 1 aliphatic heterocycles. The standard InChI is InChI=1S/C15H28N2S/c1-2-3-11-16-14(18)17-12-9-15(10-13-17)7-5-4-6-8-15/h2-13H2,1H3,(H,16,18). The van der Waals surface area contributed by atoms with Gasteiger partial charge in [-0.2, -0.15) is 0 Å². The van der Waals surface area contributed by atoms with Crippen molar-refractivity contribution in [3.05, 3.63) is 0 Å². The zero-order valence-electron chi connectivity index (χ0n) is 11.8. The molecule has 0 aromatic carbocycles. The molecular weight excluding hydrogens is 240 g/mol. The lowest BCUT2D eigenvalue weighted by Gasteiger charge is -2.45. The first kappa shape index (κ1) is 14.1. The van der Waals surface area contributed by atoms with Gasteiger partial charge in [0, 0.05) is 19.6 Å². The molecule has 3 heteroatoms. The molecule has 0 bridgehead atoms. The van der Waals surface area contributed by atoms with Crippen LogP contribution in [0.1, 0.15) is 64.7 Å². The van der Waals surface area contributed by atoms with Gasteiger partial charge in [-0.15, -0.1) is 0 Å². The van der Waals surface area contributed by atoms with Gasteiger partial charge in [0.05, 0.1) is 0 Å². The molecule has 1 spiro atoms. The number of rotatable bonds is 3. The predicted octanol–water partition coefficient (Wildman–Crippen LogP) is 3.71. The molecule has 1 saturated carbocycles. The van der Waals surface area contributed by atoms with Crippen LogP contribution in [0.5, 0.6) is 0 Å². The summed E-state index contributed by atoms with van der Waals surface area (Å²) in [7, 11) is 0. The van der Waals surface area contributed by atoms with Gasteiger partial charge in [-0.05, 0) is 49.7 Å². The highest BCUT2D eigenvalue weighted by Crippen LogP contribution is 2.44. The molecule has 0 amide bonds. The van der Waals surface area contributed by atoms with E-state index in [1.54, 1.807) is 0 Å². The minimum atomic E-state index is 0.688. The predicted molar refractivity (Wildman–Crippen MR) is 81.8 cm³/mol. The molecule has 18 heavy (non-hydrogen) atoms. The summed E-state index contributed by atoms with van der Waals surface area (Å²) >= 11 is 5.49. The number of thiocarbonyl (C=S) groups is 1. The van der Waals surface area contributed by atoms with E-state index in [9.17, 15) is 0 Å². The quantitative estimate of drug-likeness (QED) is 0.620. The monoisotopic (exact) mass is 268 g/mol. The third-order valence-electron chi connectivity index (χ3n) is 4.83. The van der Waals surface area contributed by atoms with Crippen molar-refractivity contribution in [1.29, 1.82) is 0 Å². The SMILES string of the molecule is CCCCNC(=S)N1CCC2(CCCCC2)CC1. The van der Waals surface area contributed by atoms with Crippen molar-refractivity contribution >= 4 is 17.3 Å². The van der Waals surface area contributed by atoms with Crippen LogP contribution in [0.15, 0.2) is 0 Å². The first-order chi connectivity index (χ1) is 8.76. The summed E-state index contributed by atoms with van der Waals surface area (Å²) in [6, 6.07) is 0. The second kappa shape index (κ2) is 6.74. The Balaban J connectivity index is 1.73. The summed E-state index contributed by atoms with van der Waals surface area (Å²) in [6.45, 7) is 5.62. The van der Waals surface area contributed by atoms with Gasteiger partial charge in [0.25, 0.3) is 0 Å². The van der Waals surface area contributed by atoms with Crippen molar-refractivity contribution in [2.24, 2.45) is 5.41 Å². The summed E-state index contributed by atoms with van der Waals surface area (Å²) in [4.78, 5) is 2.39. The largest absolute Gasteiger partial charge is 0.363 e. The van der Waals surface area contributed by atoms with Crippen molar-refractivity contribution in [2.75, 3.05) is 19.6 Å². The smallest absolute Gasteiger partial charge is 0.168 e. The Kier molecular flexibility index (Phi) is 5.28. The molecule has 0 atom stereocenters. The Morgan fingerprint density at radius 2 is 1.78 bits per heavy atom. The maximum absolute atomic E-state index is 5.49. The van der Waals surface area contributed by atoms with Crippen LogP contribution in [-0.4, -0.2) is 29.6 Å². The fourth-order valence-electron chi connectivity index (χ4n) is 3.47. The molecule has 1 heterocycles. The third-order valence-corrected chi connectivity index (χ3v) is 5.23. The van der Waals surface area contributed by atoms with Crippen molar-refractivity contribution in [1.82, 2.24) is 10.2 Å². The molecule has 0 unspecified atom stereocenters. The summed E-state index contributed by atoms with van der Waals surface area (Å²) in [5.41, 5.74) is 0.688. The van der Waals surface area contributed by atoms with Gasteiger partial charge < -0.3 is 10.2 Å². The fourth-order valence-corrected chi connectivity index (χ4v) is 3.75. The summed E-state index contributed by atoms with van der Waals surface area (Å²) in [5.74, 6) is 0. The molecule has 2 aliphatic rings. The molecule has 0 radical (unpaired) electrons.